The van der Waals surface area contributed by atoms with Crippen LogP contribution < -0.4 is 10.9 Å². The van der Waals surface area contributed by atoms with Crippen molar-refractivity contribution in [2.24, 2.45) is 0 Å². The smallest absolute Gasteiger partial charge is 0.265 e. The van der Waals surface area contributed by atoms with Crippen LogP contribution in [0.4, 0.5) is 5.69 Å². The molecule has 1 aliphatic heterocycles. The van der Waals surface area contributed by atoms with Gasteiger partial charge in [-0.25, -0.2) is 4.98 Å². The number of anilines is 1. The molecular weight excluding hydrogens is 338 g/mol. The summed E-state index contributed by atoms with van der Waals surface area (Å²) in [7, 11) is 0. The molecule has 3 aromatic rings. The number of aromatic nitrogens is 4. The van der Waals surface area contributed by atoms with E-state index in [0.717, 1.165) is 16.8 Å². The summed E-state index contributed by atoms with van der Waals surface area (Å²) < 4.78 is 1.62. The van der Waals surface area contributed by atoms with Crippen molar-refractivity contribution in [2.75, 3.05) is 11.1 Å². The zero-order chi connectivity index (χ0) is 17.6. The van der Waals surface area contributed by atoms with Gasteiger partial charge in [-0.1, -0.05) is 30.0 Å². The number of carbonyl (C=O) groups excluding carboxylic acids is 1. The number of H-pyrrole nitrogens is 1. The highest BCUT2D eigenvalue weighted by atomic mass is 32.2. The lowest BCUT2D eigenvalue weighted by atomic mass is 10.1. The third-order valence-corrected chi connectivity index (χ3v) is 5.52. The summed E-state index contributed by atoms with van der Waals surface area (Å²) in [4.78, 5) is 29.6. The molecule has 0 spiro atoms. The van der Waals surface area contributed by atoms with E-state index in [2.05, 4.69) is 20.5 Å². The lowest BCUT2D eigenvalue weighted by Crippen LogP contribution is -2.27. The van der Waals surface area contributed by atoms with E-state index >= 15 is 0 Å². The molecule has 4 rings (SSSR count). The molecule has 7 nitrogen and oxygen atoms in total. The number of benzene rings is 1. The minimum absolute atomic E-state index is 0.102. The predicted molar refractivity (Wildman–Crippen MR) is 97.1 cm³/mol. The third-order valence-electron chi connectivity index (χ3n) is 4.42. The van der Waals surface area contributed by atoms with Gasteiger partial charge in [0.1, 0.15) is 5.39 Å². The number of hydrogen-bond donors (Lipinski definition) is 2. The Balaban J connectivity index is 1.59. The van der Waals surface area contributed by atoms with Gasteiger partial charge in [0.05, 0.1) is 12.2 Å². The Morgan fingerprint density at radius 2 is 2.16 bits per heavy atom. The van der Waals surface area contributed by atoms with Crippen molar-refractivity contribution in [3.63, 3.8) is 0 Å². The molecule has 1 amide bonds. The number of thioether (sulfide) groups is 1. The van der Waals surface area contributed by atoms with Crippen molar-refractivity contribution >= 4 is 34.4 Å². The zero-order valence-electron chi connectivity index (χ0n) is 13.9. The van der Waals surface area contributed by atoms with Crippen molar-refractivity contribution < 1.29 is 4.79 Å². The molecule has 2 N–H and O–H groups in total. The number of aryl methyl sites for hydroxylation is 2. The average molecular weight is 355 g/mol. The molecule has 0 saturated carbocycles. The number of rotatable bonds is 3. The highest BCUT2D eigenvalue weighted by molar-refractivity contribution is 7.99. The van der Waals surface area contributed by atoms with E-state index in [4.69, 9.17) is 0 Å². The van der Waals surface area contributed by atoms with Crippen LogP contribution in [0.25, 0.3) is 11.0 Å². The Bertz CT molecular complexity index is 1020. The van der Waals surface area contributed by atoms with E-state index < -0.39 is 0 Å². The first-order valence-electron chi connectivity index (χ1n) is 7.99. The maximum absolute atomic E-state index is 12.7. The number of nitrogens with zero attached hydrogens (tertiary/aromatic N) is 3. The predicted octanol–water partition coefficient (Wildman–Crippen LogP) is 2.41. The van der Waals surface area contributed by atoms with Gasteiger partial charge >= 0.3 is 0 Å². The Morgan fingerprint density at radius 1 is 1.40 bits per heavy atom. The lowest BCUT2D eigenvalue weighted by Gasteiger charge is -2.15. The normalized spacial score (nSPS) is 16.2. The van der Waals surface area contributed by atoms with Crippen LogP contribution in [0, 0.1) is 13.8 Å². The van der Waals surface area contributed by atoms with E-state index in [1.807, 2.05) is 32.0 Å². The SMILES string of the molecule is Cc1cccc(C)c1NC(=O)CC1CSc2nc3[nH]ncc3c(=O)n21. The molecule has 0 bridgehead atoms. The maximum atomic E-state index is 12.7. The summed E-state index contributed by atoms with van der Waals surface area (Å²) in [5.41, 5.74) is 3.23. The van der Waals surface area contributed by atoms with E-state index in [1.165, 1.54) is 18.0 Å². The first-order chi connectivity index (χ1) is 12.0. The van der Waals surface area contributed by atoms with Crippen molar-refractivity contribution in [1.29, 1.82) is 0 Å². The molecule has 1 aromatic carbocycles. The van der Waals surface area contributed by atoms with Gasteiger partial charge in [-0.2, -0.15) is 5.10 Å². The lowest BCUT2D eigenvalue weighted by molar-refractivity contribution is -0.116. The first-order valence-corrected chi connectivity index (χ1v) is 8.97. The van der Waals surface area contributed by atoms with Crippen LogP contribution in [-0.2, 0) is 4.79 Å². The van der Waals surface area contributed by atoms with E-state index in [-0.39, 0.29) is 23.9 Å². The molecule has 128 valence electrons. The molecule has 0 saturated heterocycles. The van der Waals surface area contributed by atoms with Crippen molar-refractivity contribution in [3.05, 3.63) is 45.9 Å². The summed E-state index contributed by atoms with van der Waals surface area (Å²) in [5, 5.41) is 10.7. The van der Waals surface area contributed by atoms with Crippen LogP contribution in [0.3, 0.4) is 0 Å². The average Bonchev–Trinajstić information content (AvgIpc) is 3.19. The summed E-state index contributed by atoms with van der Waals surface area (Å²) in [6, 6.07) is 5.69. The number of nitrogens with one attached hydrogen (secondary N) is 2. The van der Waals surface area contributed by atoms with Crippen molar-refractivity contribution in [3.8, 4) is 0 Å². The molecular formula is C17H17N5O2S. The Hall–Kier alpha value is -2.61. The second-order valence-electron chi connectivity index (χ2n) is 6.19. The third kappa shape index (κ3) is 2.72. The standard InChI is InChI=1S/C17H17N5O2S/c1-9-4-3-5-10(2)14(9)19-13(23)6-11-8-25-17-20-15-12(7-18-21-15)16(24)22(11)17/h3-5,7,11H,6,8H2,1-2H3,(H,18,21)(H,19,23). The van der Waals surface area contributed by atoms with Gasteiger partial charge < -0.3 is 5.32 Å². The van der Waals surface area contributed by atoms with Crippen LogP contribution in [0.2, 0.25) is 0 Å². The minimum atomic E-state index is -0.205. The number of hydrogen-bond acceptors (Lipinski definition) is 5. The summed E-state index contributed by atoms with van der Waals surface area (Å²) in [6.45, 7) is 3.93. The van der Waals surface area contributed by atoms with Crippen molar-refractivity contribution in [2.45, 2.75) is 31.5 Å². The molecule has 2 aromatic heterocycles. The first kappa shape index (κ1) is 15.9. The van der Waals surface area contributed by atoms with Gasteiger partial charge in [0.2, 0.25) is 5.91 Å². The molecule has 1 aliphatic rings. The van der Waals surface area contributed by atoms with Gasteiger partial charge in [0.15, 0.2) is 10.8 Å². The Labute approximate surface area is 147 Å². The molecule has 1 atom stereocenters. The van der Waals surface area contributed by atoms with Crippen LogP contribution in [0.1, 0.15) is 23.6 Å². The highest BCUT2D eigenvalue weighted by Crippen LogP contribution is 2.33. The number of fused-ring (bicyclic) bond motifs is 2. The van der Waals surface area contributed by atoms with Gasteiger partial charge in [0.25, 0.3) is 5.56 Å². The highest BCUT2D eigenvalue weighted by Gasteiger charge is 2.29. The second kappa shape index (κ2) is 6.03. The van der Waals surface area contributed by atoms with Gasteiger partial charge in [0, 0.05) is 17.9 Å². The molecule has 3 heterocycles. The Morgan fingerprint density at radius 3 is 2.92 bits per heavy atom. The molecule has 0 radical (unpaired) electrons. The molecule has 0 aliphatic carbocycles. The molecule has 25 heavy (non-hydrogen) atoms. The summed E-state index contributed by atoms with van der Waals surface area (Å²) in [6.07, 6.45) is 1.72. The quantitative estimate of drug-likeness (QED) is 0.704. The Kier molecular flexibility index (Phi) is 3.84. The van der Waals surface area contributed by atoms with Crippen LogP contribution in [0.15, 0.2) is 34.3 Å². The van der Waals surface area contributed by atoms with Crippen molar-refractivity contribution in [1.82, 2.24) is 19.7 Å². The fourth-order valence-corrected chi connectivity index (χ4v) is 4.26. The maximum Gasteiger partial charge on any atom is 0.265 e. The minimum Gasteiger partial charge on any atom is -0.326 e. The number of para-hydroxylation sites is 1. The fourth-order valence-electron chi connectivity index (χ4n) is 3.12. The summed E-state index contributed by atoms with van der Waals surface area (Å²) >= 11 is 1.49. The van der Waals surface area contributed by atoms with E-state index in [9.17, 15) is 9.59 Å². The summed E-state index contributed by atoms with van der Waals surface area (Å²) in [5.74, 6) is 0.553. The van der Waals surface area contributed by atoms with Gasteiger partial charge in [-0.15, -0.1) is 0 Å². The molecule has 8 heteroatoms. The van der Waals surface area contributed by atoms with Gasteiger partial charge in [-0.05, 0) is 25.0 Å². The fraction of sp³-hybridized carbons (Fsp3) is 0.294. The van der Waals surface area contributed by atoms with Crippen LogP contribution in [-0.4, -0.2) is 31.4 Å². The number of aromatic amines is 1. The zero-order valence-corrected chi connectivity index (χ0v) is 14.7. The second-order valence-corrected chi connectivity index (χ2v) is 7.17. The topological polar surface area (TPSA) is 92.7 Å². The molecule has 0 fully saturated rings. The van der Waals surface area contributed by atoms with Crippen LogP contribution >= 0.6 is 11.8 Å². The largest absolute Gasteiger partial charge is 0.326 e. The van der Waals surface area contributed by atoms with E-state index in [0.29, 0.717) is 21.9 Å². The number of carbonyl (C=O) groups is 1. The monoisotopic (exact) mass is 355 g/mol. The van der Waals surface area contributed by atoms with Gasteiger partial charge in [-0.3, -0.25) is 19.3 Å². The van der Waals surface area contributed by atoms with Crippen LogP contribution in [0.5, 0.6) is 0 Å². The van der Waals surface area contributed by atoms with E-state index in [1.54, 1.807) is 4.57 Å². The number of amides is 1. The molecule has 1 unspecified atom stereocenters.